The van der Waals surface area contributed by atoms with Gasteiger partial charge in [-0.05, 0) is 43.9 Å². The number of nitrogens with zero attached hydrogens (tertiary/aromatic N) is 4. The number of nitrogens with one attached hydrogen (secondary N) is 1. The highest BCUT2D eigenvalue weighted by molar-refractivity contribution is 5.77. The summed E-state index contributed by atoms with van der Waals surface area (Å²) < 4.78 is 0. The minimum Gasteiger partial charge on any atom is -0.358 e. The SMILES string of the molecule is Cc1cc(N2C(N3CCCCC3)=CC=NC2/C=C/c2ccccc2)n[nH]1. The summed E-state index contributed by atoms with van der Waals surface area (Å²) in [6.07, 6.45) is 12.0. The monoisotopic (exact) mass is 347 g/mol. The number of aryl methyl sites for hydroxylation is 1. The number of allylic oxidation sites excluding steroid dienone is 1. The molecule has 1 saturated heterocycles. The van der Waals surface area contributed by atoms with E-state index in [-0.39, 0.29) is 6.17 Å². The number of piperidine rings is 1. The molecule has 5 nitrogen and oxygen atoms in total. The molecule has 2 aliphatic heterocycles. The molecule has 1 aromatic carbocycles. The van der Waals surface area contributed by atoms with Crippen molar-refractivity contribution in [1.29, 1.82) is 0 Å². The number of H-pyrrole nitrogens is 1. The summed E-state index contributed by atoms with van der Waals surface area (Å²) in [4.78, 5) is 9.40. The van der Waals surface area contributed by atoms with Gasteiger partial charge < -0.3 is 4.90 Å². The summed E-state index contributed by atoms with van der Waals surface area (Å²) in [7, 11) is 0. The van der Waals surface area contributed by atoms with Crippen molar-refractivity contribution < 1.29 is 0 Å². The number of aromatic nitrogens is 2. The van der Waals surface area contributed by atoms with Crippen LogP contribution in [0.1, 0.15) is 30.5 Å². The zero-order valence-electron chi connectivity index (χ0n) is 15.2. The van der Waals surface area contributed by atoms with E-state index < -0.39 is 0 Å². The molecule has 1 unspecified atom stereocenters. The van der Waals surface area contributed by atoms with Crippen molar-refractivity contribution in [2.45, 2.75) is 32.4 Å². The zero-order valence-corrected chi connectivity index (χ0v) is 15.2. The largest absolute Gasteiger partial charge is 0.358 e. The summed E-state index contributed by atoms with van der Waals surface area (Å²) in [5, 5.41) is 7.59. The van der Waals surface area contributed by atoms with E-state index in [0.717, 1.165) is 24.6 Å². The lowest BCUT2D eigenvalue weighted by atomic mass is 10.1. The van der Waals surface area contributed by atoms with Gasteiger partial charge in [0.1, 0.15) is 12.0 Å². The minimum absolute atomic E-state index is 0.0974. The van der Waals surface area contributed by atoms with Crippen LogP contribution in [0.3, 0.4) is 0 Å². The molecule has 4 rings (SSSR count). The number of hydrogen-bond donors (Lipinski definition) is 1. The van der Waals surface area contributed by atoms with Crippen molar-refractivity contribution >= 4 is 18.1 Å². The number of aliphatic imine (C=N–C) groups is 1. The van der Waals surface area contributed by atoms with Gasteiger partial charge in [0.15, 0.2) is 5.82 Å². The summed E-state index contributed by atoms with van der Waals surface area (Å²) >= 11 is 0. The molecule has 1 aromatic heterocycles. The molecule has 0 aliphatic carbocycles. The van der Waals surface area contributed by atoms with Crippen molar-refractivity contribution in [3.63, 3.8) is 0 Å². The maximum absolute atomic E-state index is 4.71. The second-order valence-corrected chi connectivity index (χ2v) is 6.83. The second-order valence-electron chi connectivity index (χ2n) is 6.83. The van der Waals surface area contributed by atoms with Gasteiger partial charge in [-0.25, -0.2) is 0 Å². The Balaban J connectivity index is 1.65. The van der Waals surface area contributed by atoms with Crippen LogP contribution in [0.2, 0.25) is 0 Å². The van der Waals surface area contributed by atoms with Crippen LogP contribution in [-0.2, 0) is 0 Å². The first-order chi connectivity index (χ1) is 12.8. The van der Waals surface area contributed by atoms with Crippen LogP contribution in [0.25, 0.3) is 6.08 Å². The third-order valence-corrected chi connectivity index (χ3v) is 4.85. The molecule has 1 N–H and O–H groups in total. The number of aromatic amines is 1. The molecule has 2 aliphatic rings. The van der Waals surface area contributed by atoms with Gasteiger partial charge in [0.05, 0.1) is 0 Å². The van der Waals surface area contributed by atoms with Crippen LogP contribution < -0.4 is 4.90 Å². The van der Waals surface area contributed by atoms with E-state index in [1.807, 2.05) is 19.2 Å². The molecule has 5 heteroatoms. The molecule has 3 heterocycles. The van der Waals surface area contributed by atoms with E-state index in [1.54, 1.807) is 0 Å². The Bertz CT molecular complexity index is 812. The van der Waals surface area contributed by atoms with Crippen molar-refractivity contribution in [2.75, 3.05) is 18.0 Å². The number of hydrogen-bond acceptors (Lipinski definition) is 4. The Labute approximate surface area is 154 Å². The summed E-state index contributed by atoms with van der Waals surface area (Å²) in [6, 6.07) is 12.4. The highest BCUT2D eigenvalue weighted by atomic mass is 15.4. The molecular formula is C21H25N5. The predicted molar refractivity (Wildman–Crippen MR) is 107 cm³/mol. The first-order valence-corrected chi connectivity index (χ1v) is 9.34. The van der Waals surface area contributed by atoms with Gasteiger partial charge in [0.25, 0.3) is 0 Å². The van der Waals surface area contributed by atoms with E-state index in [1.165, 1.54) is 30.6 Å². The van der Waals surface area contributed by atoms with Gasteiger partial charge in [-0.2, -0.15) is 5.10 Å². The summed E-state index contributed by atoms with van der Waals surface area (Å²) in [5.41, 5.74) is 2.23. The van der Waals surface area contributed by atoms with Gasteiger partial charge in [0.2, 0.25) is 0 Å². The third kappa shape index (κ3) is 3.57. The number of rotatable bonds is 4. The lowest BCUT2D eigenvalue weighted by Crippen LogP contribution is -2.44. The maximum atomic E-state index is 4.71. The van der Waals surface area contributed by atoms with E-state index in [4.69, 9.17) is 4.99 Å². The molecule has 1 fully saturated rings. The number of benzene rings is 1. The van der Waals surface area contributed by atoms with E-state index in [2.05, 4.69) is 68.6 Å². The van der Waals surface area contributed by atoms with E-state index in [9.17, 15) is 0 Å². The second kappa shape index (κ2) is 7.60. The highest BCUT2D eigenvalue weighted by Gasteiger charge is 2.28. The van der Waals surface area contributed by atoms with Crippen LogP contribution in [0.15, 0.2) is 59.4 Å². The first-order valence-electron chi connectivity index (χ1n) is 9.34. The Morgan fingerprint density at radius 3 is 2.65 bits per heavy atom. The zero-order chi connectivity index (χ0) is 17.8. The number of anilines is 1. The topological polar surface area (TPSA) is 47.5 Å². The van der Waals surface area contributed by atoms with Gasteiger partial charge in [-0.3, -0.25) is 15.0 Å². The maximum Gasteiger partial charge on any atom is 0.158 e. The van der Waals surface area contributed by atoms with Crippen molar-refractivity contribution in [3.05, 3.63) is 65.6 Å². The van der Waals surface area contributed by atoms with Crippen molar-refractivity contribution in [3.8, 4) is 0 Å². The van der Waals surface area contributed by atoms with Crippen LogP contribution in [0, 0.1) is 6.92 Å². The Hall–Kier alpha value is -2.82. The average molecular weight is 347 g/mol. The van der Waals surface area contributed by atoms with Gasteiger partial charge in [0, 0.05) is 31.1 Å². The summed E-state index contributed by atoms with van der Waals surface area (Å²) in [5.74, 6) is 2.10. The summed E-state index contributed by atoms with van der Waals surface area (Å²) in [6.45, 7) is 4.21. The van der Waals surface area contributed by atoms with E-state index in [0.29, 0.717) is 0 Å². The molecule has 2 aromatic rings. The molecule has 134 valence electrons. The molecular weight excluding hydrogens is 322 g/mol. The number of likely N-dealkylation sites (tertiary alicyclic amines) is 1. The third-order valence-electron chi connectivity index (χ3n) is 4.85. The van der Waals surface area contributed by atoms with Crippen molar-refractivity contribution in [1.82, 2.24) is 15.1 Å². The van der Waals surface area contributed by atoms with Crippen LogP contribution in [0.5, 0.6) is 0 Å². The Kier molecular flexibility index (Phi) is 4.86. The Morgan fingerprint density at radius 1 is 1.12 bits per heavy atom. The van der Waals surface area contributed by atoms with Gasteiger partial charge >= 0.3 is 0 Å². The van der Waals surface area contributed by atoms with Crippen LogP contribution in [0.4, 0.5) is 5.82 Å². The molecule has 0 spiro atoms. The molecule has 0 saturated carbocycles. The lowest BCUT2D eigenvalue weighted by molar-refractivity contribution is 0.274. The predicted octanol–water partition coefficient (Wildman–Crippen LogP) is 3.98. The molecule has 0 bridgehead atoms. The molecule has 0 radical (unpaired) electrons. The van der Waals surface area contributed by atoms with Gasteiger partial charge in [-0.1, -0.05) is 36.4 Å². The standard InChI is InChI=1S/C21H25N5/c1-17-16-20(24-23-17)26-19(11-10-18-8-4-2-5-9-18)22-13-12-21(26)25-14-6-3-7-15-25/h2,4-5,8-13,16,19H,3,6-7,14-15H2,1H3,(H,23,24)/b11-10+. The first kappa shape index (κ1) is 16.6. The van der Waals surface area contributed by atoms with Gasteiger partial charge in [-0.15, -0.1) is 0 Å². The normalized spacial score (nSPS) is 20.7. The minimum atomic E-state index is -0.0974. The quantitative estimate of drug-likeness (QED) is 0.910. The fourth-order valence-electron chi connectivity index (χ4n) is 3.54. The molecule has 0 amide bonds. The average Bonchev–Trinajstić information content (AvgIpc) is 3.13. The van der Waals surface area contributed by atoms with E-state index >= 15 is 0 Å². The molecule has 26 heavy (non-hydrogen) atoms. The fraction of sp³-hybridized carbons (Fsp3) is 0.333. The highest BCUT2D eigenvalue weighted by Crippen LogP contribution is 2.28. The van der Waals surface area contributed by atoms with Crippen LogP contribution >= 0.6 is 0 Å². The molecule has 1 atom stereocenters. The lowest BCUT2D eigenvalue weighted by Gasteiger charge is -2.40. The fourth-order valence-corrected chi connectivity index (χ4v) is 3.54. The smallest absolute Gasteiger partial charge is 0.158 e. The van der Waals surface area contributed by atoms with Crippen molar-refractivity contribution in [2.24, 2.45) is 4.99 Å². The van der Waals surface area contributed by atoms with Crippen LogP contribution in [-0.4, -0.2) is 40.6 Å². The Morgan fingerprint density at radius 2 is 1.92 bits per heavy atom.